The predicted octanol–water partition coefficient (Wildman–Crippen LogP) is 5.16. The van der Waals surface area contributed by atoms with Crippen molar-refractivity contribution in [2.75, 3.05) is 5.32 Å². The predicted molar refractivity (Wildman–Crippen MR) is 107 cm³/mol. The number of hydrogen-bond donors (Lipinski definition) is 1. The Balaban J connectivity index is 1.77. The van der Waals surface area contributed by atoms with E-state index in [1.54, 1.807) is 42.5 Å². The fraction of sp³-hybridized carbons (Fsp3) is 0.0588. The molecule has 3 rings (SSSR count). The second-order valence-electron chi connectivity index (χ2n) is 5.57. The number of amides is 1. The molecule has 0 spiro atoms. The number of nitro groups is 1. The lowest BCUT2D eigenvalue weighted by molar-refractivity contribution is -0.390. The van der Waals surface area contributed by atoms with Crippen LogP contribution < -0.4 is 5.32 Å². The highest BCUT2D eigenvalue weighted by Gasteiger charge is 2.18. The highest BCUT2D eigenvalue weighted by molar-refractivity contribution is 9.10. The summed E-state index contributed by atoms with van der Waals surface area (Å²) in [5, 5.41) is 18.3. The van der Waals surface area contributed by atoms with E-state index in [2.05, 4.69) is 26.3 Å². The fourth-order valence-corrected chi connectivity index (χ4v) is 3.41. The Labute approximate surface area is 172 Å². The summed E-state index contributed by atoms with van der Waals surface area (Å²) in [7, 11) is 0. The first-order valence-corrected chi connectivity index (χ1v) is 9.10. The smallest absolute Gasteiger partial charge is 0.358 e. The van der Waals surface area contributed by atoms with E-state index in [1.807, 2.05) is 0 Å². The molecule has 3 aromatic rings. The molecule has 0 aliphatic carbocycles. The van der Waals surface area contributed by atoms with Crippen LogP contribution in [0.1, 0.15) is 15.9 Å². The average Bonchev–Trinajstić information content (AvgIpc) is 2.94. The Hall–Kier alpha value is -2.42. The Kier molecular flexibility index (Phi) is 5.79. The highest BCUT2D eigenvalue weighted by atomic mass is 79.9. The minimum atomic E-state index is -0.569. The molecule has 1 aromatic heterocycles. The van der Waals surface area contributed by atoms with Gasteiger partial charge in [0.1, 0.15) is 4.47 Å². The maximum absolute atomic E-state index is 12.5. The topological polar surface area (TPSA) is 90.1 Å². The number of nitrogens with zero attached hydrogens (tertiary/aromatic N) is 3. The van der Waals surface area contributed by atoms with E-state index < -0.39 is 4.92 Å². The zero-order chi connectivity index (χ0) is 19.6. The van der Waals surface area contributed by atoms with Crippen LogP contribution in [0.5, 0.6) is 0 Å². The summed E-state index contributed by atoms with van der Waals surface area (Å²) in [6, 6.07) is 11.6. The molecule has 0 saturated carbocycles. The summed E-state index contributed by atoms with van der Waals surface area (Å²) in [5.41, 5.74) is 1.66. The zero-order valence-corrected chi connectivity index (χ0v) is 16.6. The van der Waals surface area contributed by atoms with Crippen molar-refractivity contribution >= 4 is 56.5 Å². The van der Waals surface area contributed by atoms with Crippen molar-refractivity contribution < 1.29 is 9.72 Å². The van der Waals surface area contributed by atoms with Gasteiger partial charge < -0.3 is 15.4 Å². The first-order valence-electron chi connectivity index (χ1n) is 7.55. The molecule has 0 aliphatic rings. The molecule has 0 radical (unpaired) electrons. The van der Waals surface area contributed by atoms with Gasteiger partial charge in [-0.3, -0.25) is 4.79 Å². The van der Waals surface area contributed by atoms with E-state index in [0.717, 1.165) is 5.56 Å². The lowest BCUT2D eigenvalue weighted by Crippen LogP contribution is -2.12. The lowest BCUT2D eigenvalue weighted by atomic mass is 10.1. The van der Waals surface area contributed by atoms with Crippen molar-refractivity contribution in [1.29, 1.82) is 0 Å². The normalized spacial score (nSPS) is 10.6. The molecule has 1 heterocycles. The molecular formula is C17H11BrCl2N4O3. The van der Waals surface area contributed by atoms with E-state index in [4.69, 9.17) is 23.2 Å². The molecule has 1 N–H and O–H groups in total. The van der Waals surface area contributed by atoms with Gasteiger partial charge in [0.2, 0.25) is 0 Å². The lowest BCUT2D eigenvalue weighted by Gasteiger charge is -2.08. The molecule has 0 saturated heterocycles. The number of rotatable bonds is 5. The quantitative estimate of drug-likeness (QED) is 0.412. The van der Waals surface area contributed by atoms with Gasteiger partial charge in [0.15, 0.2) is 0 Å². The van der Waals surface area contributed by atoms with Gasteiger partial charge in [-0.15, -0.1) is 0 Å². The molecule has 138 valence electrons. The van der Waals surface area contributed by atoms with Crippen molar-refractivity contribution in [3.8, 4) is 0 Å². The highest BCUT2D eigenvalue weighted by Crippen LogP contribution is 2.24. The van der Waals surface area contributed by atoms with Crippen LogP contribution in [-0.4, -0.2) is 20.6 Å². The minimum absolute atomic E-state index is 0.262. The van der Waals surface area contributed by atoms with Gasteiger partial charge in [-0.05, 0) is 56.7 Å². The van der Waals surface area contributed by atoms with Crippen molar-refractivity contribution in [3.63, 3.8) is 0 Å². The van der Waals surface area contributed by atoms with E-state index in [1.165, 1.54) is 10.9 Å². The molecule has 7 nitrogen and oxygen atoms in total. The number of aromatic nitrogens is 2. The number of hydrogen-bond acceptors (Lipinski definition) is 4. The average molecular weight is 470 g/mol. The summed E-state index contributed by atoms with van der Waals surface area (Å²) < 4.78 is 1.72. The number of benzene rings is 2. The molecule has 0 fully saturated rings. The Morgan fingerprint density at radius 3 is 2.56 bits per heavy atom. The first-order chi connectivity index (χ1) is 12.8. The van der Waals surface area contributed by atoms with Crippen molar-refractivity contribution in [2.45, 2.75) is 6.54 Å². The van der Waals surface area contributed by atoms with Crippen LogP contribution in [0.4, 0.5) is 11.5 Å². The van der Waals surface area contributed by atoms with Crippen LogP contribution in [-0.2, 0) is 6.54 Å². The molecule has 2 aromatic carbocycles. The summed E-state index contributed by atoms with van der Waals surface area (Å²) in [6.07, 6.45) is 1.51. The zero-order valence-electron chi connectivity index (χ0n) is 13.5. The van der Waals surface area contributed by atoms with Crippen molar-refractivity contribution in [2.24, 2.45) is 0 Å². The second kappa shape index (κ2) is 8.08. The minimum Gasteiger partial charge on any atom is -0.358 e. The molecule has 0 atom stereocenters. The molecule has 0 aliphatic heterocycles. The molecule has 27 heavy (non-hydrogen) atoms. The fourth-order valence-electron chi connectivity index (χ4n) is 2.42. The third-order valence-electron chi connectivity index (χ3n) is 3.53. The van der Waals surface area contributed by atoms with Gasteiger partial charge in [0, 0.05) is 21.3 Å². The standard InChI is InChI=1S/C17H11BrCl2N4O3/c18-15-9-23(22-16(15)24(26)27)8-10-2-1-3-11(4-10)17(25)21-14-6-12(19)5-13(20)7-14/h1-7,9H,8H2,(H,21,25). The summed E-state index contributed by atoms with van der Waals surface area (Å²) in [4.78, 5) is 22.8. The third-order valence-corrected chi connectivity index (χ3v) is 4.52. The molecule has 10 heteroatoms. The van der Waals surface area contributed by atoms with Gasteiger partial charge in [0.25, 0.3) is 5.91 Å². The van der Waals surface area contributed by atoms with Gasteiger partial charge in [-0.25, -0.2) is 0 Å². The second-order valence-corrected chi connectivity index (χ2v) is 7.30. The number of anilines is 1. The van der Waals surface area contributed by atoms with Crippen molar-refractivity contribution in [3.05, 3.63) is 84.4 Å². The molecule has 0 bridgehead atoms. The summed E-state index contributed by atoms with van der Waals surface area (Å²) >= 11 is 15.0. The van der Waals surface area contributed by atoms with E-state index in [0.29, 0.717) is 25.8 Å². The van der Waals surface area contributed by atoms with Gasteiger partial charge in [-0.1, -0.05) is 35.3 Å². The number of carbonyl (C=O) groups is 1. The largest absolute Gasteiger partial charge is 0.404 e. The van der Waals surface area contributed by atoms with Crippen LogP contribution in [0, 0.1) is 10.1 Å². The maximum atomic E-state index is 12.5. The summed E-state index contributed by atoms with van der Waals surface area (Å²) in [5.74, 6) is -0.593. The maximum Gasteiger partial charge on any atom is 0.404 e. The Bertz CT molecular complexity index is 1020. The van der Waals surface area contributed by atoms with E-state index >= 15 is 0 Å². The Morgan fingerprint density at radius 2 is 1.93 bits per heavy atom. The van der Waals surface area contributed by atoms with E-state index in [9.17, 15) is 14.9 Å². The molecule has 1 amide bonds. The first kappa shape index (κ1) is 19.3. The molecular weight excluding hydrogens is 459 g/mol. The monoisotopic (exact) mass is 468 g/mol. The van der Waals surface area contributed by atoms with Gasteiger partial charge in [-0.2, -0.15) is 4.68 Å². The van der Waals surface area contributed by atoms with Crippen molar-refractivity contribution in [1.82, 2.24) is 9.78 Å². The van der Waals surface area contributed by atoms with Crippen LogP contribution in [0.3, 0.4) is 0 Å². The SMILES string of the molecule is O=C(Nc1cc(Cl)cc(Cl)c1)c1cccc(Cn2cc(Br)c([N+](=O)[O-])n2)c1. The molecule has 0 unspecified atom stereocenters. The summed E-state index contributed by atoms with van der Waals surface area (Å²) in [6.45, 7) is 0.274. The Morgan fingerprint density at radius 1 is 1.22 bits per heavy atom. The van der Waals surface area contributed by atoms with Gasteiger partial charge in [0.05, 0.1) is 17.8 Å². The van der Waals surface area contributed by atoms with Crippen LogP contribution in [0.15, 0.2) is 53.1 Å². The number of halogens is 3. The van der Waals surface area contributed by atoms with Crippen LogP contribution in [0.2, 0.25) is 10.0 Å². The van der Waals surface area contributed by atoms with Gasteiger partial charge >= 0.3 is 5.82 Å². The van der Waals surface area contributed by atoms with Crippen LogP contribution >= 0.6 is 39.1 Å². The van der Waals surface area contributed by atoms with E-state index in [-0.39, 0.29) is 18.3 Å². The number of nitrogens with one attached hydrogen (secondary N) is 1. The third kappa shape index (κ3) is 4.85. The number of carbonyl (C=O) groups excluding carboxylic acids is 1. The van der Waals surface area contributed by atoms with Crippen LogP contribution in [0.25, 0.3) is 0 Å².